The van der Waals surface area contributed by atoms with Gasteiger partial charge in [-0.25, -0.2) is 4.79 Å². The minimum Gasteiger partial charge on any atom is -0.396 e. The van der Waals surface area contributed by atoms with E-state index in [2.05, 4.69) is 57.0 Å². The Morgan fingerprint density at radius 1 is 1.27 bits per heavy atom. The van der Waals surface area contributed by atoms with Crippen LogP contribution in [0.2, 0.25) is 0 Å². The molecular formula is C21H35N3O2. The van der Waals surface area contributed by atoms with Crippen molar-refractivity contribution in [3.05, 3.63) is 29.3 Å². The summed E-state index contributed by atoms with van der Waals surface area (Å²) in [5.74, 6) is 1.01. The van der Waals surface area contributed by atoms with Crippen molar-refractivity contribution in [3.8, 4) is 0 Å². The fourth-order valence-corrected chi connectivity index (χ4v) is 3.75. The fraction of sp³-hybridized carbons (Fsp3) is 0.667. The minimum atomic E-state index is -0.0457. The second-order valence-electron chi connectivity index (χ2n) is 8.16. The smallest absolute Gasteiger partial charge is 0.321 e. The molecule has 0 aromatic heterocycles. The summed E-state index contributed by atoms with van der Waals surface area (Å²) in [6.45, 7) is 14.3. The Kier molecular flexibility index (Phi) is 7.47. The van der Waals surface area contributed by atoms with Crippen LogP contribution in [0.5, 0.6) is 0 Å². The maximum Gasteiger partial charge on any atom is 0.321 e. The zero-order valence-corrected chi connectivity index (χ0v) is 17.0. The van der Waals surface area contributed by atoms with Gasteiger partial charge >= 0.3 is 6.03 Å². The first kappa shape index (κ1) is 20.7. The van der Waals surface area contributed by atoms with Gasteiger partial charge in [-0.1, -0.05) is 33.8 Å². The van der Waals surface area contributed by atoms with Crippen LogP contribution in [-0.4, -0.2) is 59.8 Å². The van der Waals surface area contributed by atoms with Gasteiger partial charge in [0.15, 0.2) is 0 Å². The van der Waals surface area contributed by atoms with E-state index in [1.807, 2.05) is 11.0 Å². The van der Waals surface area contributed by atoms with Gasteiger partial charge in [0.2, 0.25) is 0 Å². The summed E-state index contributed by atoms with van der Waals surface area (Å²) in [4.78, 5) is 17.0. The van der Waals surface area contributed by atoms with Crippen molar-refractivity contribution < 1.29 is 9.90 Å². The molecule has 0 bridgehead atoms. The van der Waals surface area contributed by atoms with Crippen molar-refractivity contribution in [2.75, 3.05) is 38.1 Å². The van der Waals surface area contributed by atoms with E-state index in [-0.39, 0.29) is 18.7 Å². The zero-order chi connectivity index (χ0) is 19.3. The molecule has 1 saturated heterocycles. The molecule has 0 saturated carbocycles. The highest BCUT2D eigenvalue weighted by molar-refractivity contribution is 5.89. The van der Waals surface area contributed by atoms with Crippen molar-refractivity contribution in [3.63, 3.8) is 0 Å². The number of amides is 2. The number of anilines is 1. The number of benzene rings is 1. The molecular weight excluding hydrogens is 326 g/mol. The number of rotatable bonds is 6. The second-order valence-corrected chi connectivity index (χ2v) is 8.16. The van der Waals surface area contributed by atoms with Crippen LogP contribution in [0.1, 0.15) is 51.2 Å². The van der Waals surface area contributed by atoms with Crippen LogP contribution in [0.4, 0.5) is 10.5 Å². The lowest BCUT2D eigenvalue weighted by atomic mass is 9.97. The van der Waals surface area contributed by atoms with Gasteiger partial charge < -0.3 is 15.3 Å². The van der Waals surface area contributed by atoms with Gasteiger partial charge in [-0.3, -0.25) is 4.90 Å². The number of urea groups is 1. The molecule has 1 atom stereocenters. The van der Waals surface area contributed by atoms with Crippen molar-refractivity contribution >= 4 is 11.7 Å². The third-order valence-corrected chi connectivity index (χ3v) is 5.11. The van der Waals surface area contributed by atoms with Crippen molar-refractivity contribution in [1.29, 1.82) is 0 Å². The molecule has 0 spiro atoms. The monoisotopic (exact) mass is 361 g/mol. The normalized spacial score (nSPS) is 18.6. The van der Waals surface area contributed by atoms with Crippen LogP contribution in [0, 0.1) is 12.8 Å². The molecule has 1 aliphatic heterocycles. The quantitative estimate of drug-likeness (QED) is 0.813. The summed E-state index contributed by atoms with van der Waals surface area (Å²) >= 11 is 0. The minimum absolute atomic E-state index is 0.0457. The molecule has 1 aromatic carbocycles. The number of aliphatic hydroxyl groups excluding tert-OH is 1. The molecule has 1 aliphatic rings. The standard InChI is InChI=1S/C21H35N3O2/c1-15(2)13-23-9-10-24(14-19(23)8-11-25)21(26)22-18-7-6-17(5)20(12-18)16(3)4/h6-7,12,15-16,19,25H,8-11,13-14H2,1-5H3,(H,22,26). The molecule has 1 heterocycles. The Hall–Kier alpha value is -1.59. The average Bonchev–Trinajstić information content (AvgIpc) is 2.57. The van der Waals surface area contributed by atoms with Crippen molar-refractivity contribution in [2.24, 2.45) is 5.92 Å². The number of aliphatic hydroxyl groups is 1. The first-order chi connectivity index (χ1) is 12.3. The third-order valence-electron chi connectivity index (χ3n) is 5.11. The molecule has 26 heavy (non-hydrogen) atoms. The predicted molar refractivity (Wildman–Crippen MR) is 108 cm³/mol. The number of carbonyl (C=O) groups excluding carboxylic acids is 1. The van der Waals surface area contributed by atoms with Gasteiger partial charge in [0.05, 0.1) is 0 Å². The molecule has 0 radical (unpaired) electrons. The van der Waals surface area contributed by atoms with Crippen LogP contribution in [0.25, 0.3) is 0 Å². The molecule has 5 nitrogen and oxygen atoms in total. The average molecular weight is 362 g/mol. The third kappa shape index (κ3) is 5.45. The summed E-state index contributed by atoms with van der Waals surface area (Å²) in [5.41, 5.74) is 3.37. The number of hydrogen-bond donors (Lipinski definition) is 2. The molecule has 1 fully saturated rings. The van der Waals surface area contributed by atoms with Gasteiger partial charge in [-0.2, -0.15) is 0 Å². The van der Waals surface area contributed by atoms with Gasteiger partial charge in [0, 0.05) is 44.5 Å². The van der Waals surface area contributed by atoms with Crippen LogP contribution < -0.4 is 5.32 Å². The SMILES string of the molecule is Cc1ccc(NC(=O)N2CCN(CC(C)C)C(CCO)C2)cc1C(C)C. The molecule has 5 heteroatoms. The lowest BCUT2D eigenvalue weighted by Crippen LogP contribution is -2.56. The van der Waals surface area contributed by atoms with E-state index >= 15 is 0 Å². The maximum atomic E-state index is 12.7. The molecule has 146 valence electrons. The Balaban J connectivity index is 2.02. The molecule has 1 aromatic rings. The topological polar surface area (TPSA) is 55.8 Å². The van der Waals surface area contributed by atoms with Gasteiger partial charge in [-0.05, 0) is 48.4 Å². The van der Waals surface area contributed by atoms with Crippen LogP contribution in [0.15, 0.2) is 18.2 Å². The molecule has 2 amide bonds. The first-order valence-corrected chi connectivity index (χ1v) is 9.83. The van der Waals surface area contributed by atoms with E-state index < -0.39 is 0 Å². The molecule has 2 rings (SSSR count). The Morgan fingerprint density at radius 3 is 2.62 bits per heavy atom. The van der Waals surface area contributed by atoms with Crippen LogP contribution in [-0.2, 0) is 0 Å². The number of nitrogens with zero attached hydrogens (tertiary/aromatic N) is 2. The van der Waals surface area contributed by atoms with E-state index in [1.54, 1.807) is 0 Å². The number of hydrogen-bond acceptors (Lipinski definition) is 3. The highest BCUT2D eigenvalue weighted by atomic mass is 16.3. The van der Waals surface area contributed by atoms with Gasteiger partial charge in [0.25, 0.3) is 0 Å². The summed E-state index contributed by atoms with van der Waals surface area (Å²) in [5, 5.41) is 12.5. The number of aryl methyl sites for hydroxylation is 1. The molecule has 1 unspecified atom stereocenters. The summed E-state index contributed by atoms with van der Waals surface area (Å²) < 4.78 is 0. The fourth-order valence-electron chi connectivity index (χ4n) is 3.75. The lowest BCUT2D eigenvalue weighted by Gasteiger charge is -2.42. The number of carbonyl (C=O) groups is 1. The molecule has 2 N–H and O–H groups in total. The van der Waals surface area contributed by atoms with Crippen LogP contribution >= 0.6 is 0 Å². The Bertz CT molecular complexity index is 601. The van der Waals surface area contributed by atoms with Crippen molar-refractivity contribution in [1.82, 2.24) is 9.80 Å². The Labute approximate surface area is 158 Å². The van der Waals surface area contributed by atoms with Gasteiger partial charge in [0.1, 0.15) is 0 Å². The summed E-state index contributed by atoms with van der Waals surface area (Å²) in [6.07, 6.45) is 0.707. The highest BCUT2D eigenvalue weighted by Crippen LogP contribution is 2.23. The van der Waals surface area contributed by atoms with E-state index in [0.29, 0.717) is 24.8 Å². The predicted octanol–water partition coefficient (Wildman–Crippen LogP) is 3.67. The van der Waals surface area contributed by atoms with Gasteiger partial charge in [-0.15, -0.1) is 0 Å². The zero-order valence-electron chi connectivity index (χ0n) is 17.0. The number of piperazine rings is 1. The maximum absolute atomic E-state index is 12.7. The van der Waals surface area contributed by atoms with E-state index in [1.165, 1.54) is 11.1 Å². The summed E-state index contributed by atoms with van der Waals surface area (Å²) in [6, 6.07) is 6.30. The summed E-state index contributed by atoms with van der Waals surface area (Å²) in [7, 11) is 0. The highest BCUT2D eigenvalue weighted by Gasteiger charge is 2.29. The largest absolute Gasteiger partial charge is 0.396 e. The van der Waals surface area contributed by atoms with Crippen molar-refractivity contribution in [2.45, 2.75) is 53.0 Å². The number of nitrogens with one attached hydrogen (secondary N) is 1. The second kappa shape index (κ2) is 9.38. The van der Waals surface area contributed by atoms with E-state index in [4.69, 9.17) is 0 Å². The van der Waals surface area contributed by atoms with Crippen LogP contribution in [0.3, 0.4) is 0 Å². The van der Waals surface area contributed by atoms with E-state index in [0.717, 1.165) is 25.3 Å². The molecule has 0 aliphatic carbocycles. The lowest BCUT2D eigenvalue weighted by molar-refractivity contribution is 0.0689. The first-order valence-electron chi connectivity index (χ1n) is 9.83. The van der Waals surface area contributed by atoms with E-state index in [9.17, 15) is 9.90 Å². The Morgan fingerprint density at radius 2 is 2.00 bits per heavy atom.